The maximum absolute atomic E-state index is 14.6. The van der Waals surface area contributed by atoms with Crippen LogP contribution < -0.4 is 5.32 Å². The number of aromatic nitrogens is 3. The fourth-order valence-corrected chi connectivity index (χ4v) is 4.56. The molecule has 1 N–H and O–H groups in total. The largest absolute Gasteiger partial charge is 0.354 e. The topological polar surface area (TPSA) is 98.0 Å². The van der Waals surface area contributed by atoms with Gasteiger partial charge in [-0.05, 0) is 57.6 Å². The van der Waals surface area contributed by atoms with E-state index in [9.17, 15) is 12.8 Å². The van der Waals surface area contributed by atoms with Gasteiger partial charge in [0.05, 0.1) is 27.7 Å². The molecule has 0 atom stereocenters. The van der Waals surface area contributed by atoms with Crippen LogP contribution in [0.15, 0.2) is 64.1 Å². The van der Waals surface area contributed by atoms with Crippen molar-refractivity contribution in [2.45, 2.75) is 37.5 Å². The van der Waals surface area contributed by atoms with Gasteiger partial charge in [0, 0.05) is 23.7 Å². The lowest BCUT2D eigenvalue weighted by molar-refractivity contribution is 0.432. The molecule has 0 aliphatic rings. The molecule has 0 saturated carbocycles. The van der Waals surface area contributed by atoms with Crippen molar-refractivity contribution in [1.82, 2.24) is 20.4 Å². The maximum Gasteiger partial charge on any atom is 0.187 e. The van der Waals surface area contributed by atoms with Gasteiger partial charge in [-0.25, -0.2) is 17.8 Å². The number of nitrogens with one attached hydrogen (secondary N) is 1. The fraction of sp³-hybridized carbons (Fsp3) is 0.240. The van der Waals surface area contributed by atoms with Gasteiger partial charge in [0.25, 0.3) is 0 Å². The highest BCUT2D eigenvalue weighted by molar-refractivity contribution is 7.92. The van der Waals surface area contributed by atoms with E-state index in [1.165, 1.54) is 6.07 Å². The van der Waals surface area contributed by atoms with Crippen molar-refractivity contribution in [2.75, 3.05) is 7.05 Å². The lowest BCUT2D eigenvalue weighted by Crippen LogP contribution is -2.13. The first-order chi connectivity index (χ1) is 16.2. The third-order valence-electron chi connectivity index (χ3n) is 5.49. The Morgan fingerprint density at radius 1 is 1.06 bits per heavy atom. The van der Waals surface area contributed by atoms with Crippen molar-refractivity contribution < 1.29 is 17.3 Å². The van der Waals surface area contributed by atoms with E-state index in [0.717, 1.165) is 5.56 Å². The molecular formula is C25H25FN4O3S. The van der Waals surface area contributed by atoms with Gasteiger partial charge >= 0.3 is 0 Å². The molecule has 34 heavy (non-hydrogen) atoms. The lowest BCUT2D eigenvalue weighted by Gasteiger charge is -2.09. The van der Waals surface area contributed by atoms with E-state index in [1.54, 1.807) is 70.4 Å². The van der Waals surface area contributed by atoms with Crippen LogP contribution in [0.2, 0.25) is 0 Å². The summed E-state index contributed by atoms with van der Waals surface area (Å²) < 4.78 is 44.9. The Labute approximate surface area is 198 Å². The molecule has 0 unspecified atom stereocenters. The lowest BCUT2D eigenvalue weighted by atomic mass is 10.1. The smallest absolute Gasteiger partial charge is 0.187 e. The van der Waals surface area contributed by atoms with Crippen LogP contribution >= 0.6 is 0 Å². The van der Waals surface area contributed by atoms with Gasteiger partial charge in [-0.1, -0.05) is 23.4 Å². The van der Waals surface area contributed by atoms with Crippen LogP contribution in [0.4, 0.5) is 4.39 Å². The summed E-state index contributed by atoms with van der Waals surface area (Å²) in [5, 5.41) is 6.52. The minimum absolute atomic E-state index is 0.259. The molecule has 0 spiro atoms. The van der Waals surface area contributed by atoms with E-state index in [-0.39, 0.29) is 10.7 Å². The fourth-order valence-electron chi connectivity index (χ4n) is 3.50. The highest BCUT2D eigenvalue weighted by atomic mass is 32.2. The summed E-state index contributed by atoms with van der Waals surface area (Å²) in [7, 11) is -1.56. The minimum atomic E-state index is -3.36. The van der Waals surface area contributed by atoms with Crippen molar-refractivity contribution in [3.8, 4) is 34.0 Å². The second-order valence-corrected chi connectivity index (χ2v) is 10.7. The van der Waals surface area contributed by atoms with Crippen molar-refractivity contribution in [1.29, 1.82) is 0 Å². The molecule has 0 aliphatic carbocycles. The quantitative estimate of drug-likeness (QED) is 0.405. The van der Waals surface area contributed by atoms with E-state index in [4.69, 9.17) is 4.52 Å². The Hall–Kier alpha value is -3.43. The molecule has 4 rings (SSSR count). The predicted octanol–water partition coefficient (Wildman–Crippen LogP) is 4.81. The highest BCUT2D eigenvalue weighted by Gasteiger charge is 2.20. The van der Waals surface area contributed by atoms with Crippen LogP contribution in [-0.4, -0.2) is 35.8 Å². The van der Waals surface area contributed by atoms with Gasteiger partial charge in [-0.15, -0.1) is 0 Å². The van der Waals surface area contributed by atoms with Gasteiger partial charge in [-0.2, -0.15) is 0 Å². The highest BCUT2D eigenvalue weighted by Crippen LogP contribution is 2.30. The molecule has 9 heteroatoms. The van der Waals surface area contributed by atoms with Crippen LogP contribution in [0.1, 0.15) is 25.1 Å². The zero-order valence-electron chi connectivity index (χ0n) is 19.3. The van der Waals surface area contributed by atoms with Gasteiger partial charge in [0.15, 0.2) is 15.6 Å². The predicted molar refractivity (Wildman–Crippen MR) is 128 cm³/mol. The van der Waals surface area contributed by atoms with Gasteiger partial charge in [0.1, 0.15) is 17.2 Å². The Morgan fingerprint density at radius 2 is 1.79 bits per heavy atom. The molecule has 7 nitrogen and oxygen atoms in total. The molecule has 0 amide bonds. The molecule has 2 aromatic heterocycles. The molecule has 0 aliphatic heterocycles. The van der Waals surface area contributed by atoms with Crippen molar-refractivity contribution in [2.24, 2.45) is 0 Å². The second-order valence-electron chi connectivity index (χ2n) is 8.23. The van der Waals surface area contributed by atoms with E-state index < -0.39 is 15.1 Å². The van der Waals surface area contributed by atoms with E-state index in [2.05, 4.69) is 20.4 Å². The van der Waals surface area contributed by atoms with Crippen LogP contribution in [-0.2, 0) is 16.4 Å². The normalized spacial score (nSPS) is 11.8. The number of aryl methyl sites for hydroxylation is 1. The monoisotopic (exact) mass is 480 g/mol. The van der Waals surface area contributed by atoms with Crippen LogP contribution in [0, 0.1) is 12.7 Å². The molecule has 0 bridgehead atoms. The first-order valence-corrected chi connectivity index (χ1v) is 12.3. The van der Waals surface area contributed by atoms with Crippen LogP contribution in [0.5, 0.6) is 0 Å². The third-order valence-corrected chi connectivity index (χ3v) is 7.66. The summed E-state index contributed by atoms with van der Waals surface area (Å²) in [5.74, 6) is -0.0276. The van der Waals surface area contributed by atoms with Crippen molar-refractivity contribution in [3.05, 3.63) is 71.8 Å². The summed E-state index contributed by atoms with van der Waals surface area (Å²) in [4.78, 5) is 9.33. The first-order valence-electron chi connectivity index (χ1n) is 10.8. The number of nitrogens with zero attached hydrogens (tertiary/aromatic N) is 3. The SMILES string of the molecule is CNCc1ccc(-c2cc(-c3nc(-c4ccc(S(=O)(=O)C(C)C)cc4)cnc3C)on2)c(F)c1. The summed E-state index contributed by atoms with van der Waals surface area (Å²) in [6.07, 6.45) is 1.61. The number of halogens is 1. The van der Waals surface area contributed by atoms with Crippen molar-refractivity contribution >= 4 is 9.84 Å². The summed E-state index contributed by atoms with van der Waals surface area (Å²) in [6, 6.07) is 13.1. The van der Waals surface area contributed by atoms with Gasteiger partial charge < -0.3 is 9.84 Å². The zero-order valence-corrected chi connectivity index (χ0v) is 20.1. The molecule has 176 valence electrons. The first kappa shape index (κ1) is 23.7. The molecule has 0 fully saturated rings. The summed E-state index contributed by atoms with van der Waals surface area (Å²) >= 11 is 0. The molecule has 2 aromatic carbocycles. The Morgan fingerprint density at radius 3 is 2.44 bits per heavy atom. The molecular weight excluding hydrogens is 455 g/mol. The number of benzene rings is 2. The Kier molecular flexibility index (Phi) is 6.58. The number of hydrogen-bond donors (Lipinski definition) is 1. The van der Waals surface area contributed by atoms with Crippen molar-refractivity contribution in [3.63, 3.8) is 0 Å². The second kappa shape index (κ2) is 9.44. The van der Waals surface area contributed by atoms with Gasteiger partial charge in [0.2, 0.25) is 0 Å². The Bertz CT molecular complexity index is 1430. The third kappa shape index (κ3) is 4.62. The Balaban J connectivity index is 1.66. The van der Waals surface area contributed by atoms with E-state index in [1.807, 2.05) is 6.07 Å². The van der Waals surface area contributed by atoms with Crippen LogP contribution in [0.25, 0.3) is 34.0 Å². The molecule has 2 heterocycles. The minimum Gasteiger partial charge on any atom is -0.354 e. The number of rotatable bonds is 7. The van der Waals surface area contributed by atoms with Crippen LogP contribution in [0.3, 0.4) is 0 Å². The molecule has 4 aromatic rings. The zero-order chi connectivity index (χ0) is 24.5. The number of hydrogen-bond acceptors (Lipinski definition) is 7. The maximum atomic E-state index is 14.6. The summed E-state index contributed by atoms with van der Waals surface area (Å²) in [6.45, 7) is 5.65. The number of sulfone groups is 1. The van der Waals surface area contributed by atoms with E-state index >= 15 is 0 Å². The average Bonchev–Trinajstić information content (AvgIpc) is 3.29. The molecule has 0 radical (unpaired) electrons. The summed E-state index contributed by atoms with van der Waals surface area (Å²) in [5.41, 5.74) is 3.88. The average molecular weight is 481 g/mol. The van der Waals surface area contributed by atoms with Gasteiger partial charge in [-0.3, -0.25) is 4.98 Å². The standard InChI is InChI=1S/C25H25FN4O3S/c1-15(2)34(31,32)19-8-6-18(7-9-19)23-14-28-16(3)25(29-23)24-12-22(30-33-24)20-10-5-17(13-27-4)11-21(20)26/h5-12,14-15,27H,13H2,1-4H3. The molecule has 0 saturated heterocycles. The van der Waals surface area contributed by atoms with E-state index in [0.29, 0.717) is 46.2 Å².